The van der Waals surface area contributed by atoms with Crippen molar-refractivity contribution in [3.8, 4) is 0 Å². The molecule has 17 heavy (non-hydrogen) atoms. The summed E-state index contributed by atoms with van der Waals surface area (Å²) in [5.41, 5.74) is 5.28. The normalized spacial score (nSPS) is 18.5. The number of alkyl halides is 3. The Bertz CT molecular complexity index is 250. The highest BCUT2D eigenvalue weighted by Gasteiger charge is 2.34. The Morgan fingerprint density at radius 2 is 1.94 bits per heavy atom. The van der Waals surface area contributed by atoms with Gasteiger partial charge in [0.2, 0.25) is 5.91 Å². The van der Waals surface area contributed by atoms with Gasteiger partial charge in [0.25, 0.3) is 0 Å². The molecule has 4 nitrogen and oxygen atoms in total. The molecule has 0 aromatic carbocycles. The number of amides is 1. The van der Waals surface area contributed by atoms with Crippen LogP contribution in [-0.2, 0) is 9.53 Å². The minimum atomic E-state index is -4.43. The molecular formula is C10H17F3N2O2. The van der Waals surface area contributed by atoms with E-state index in [1.165, 1.54) is 4.90 Å². The molecule has 7 heteroatoms. The number of ether oxygens (including phenoxy) is 1. The quantitative estimate of drug-likeness (QED) is 0.811. The minimum absolute atomic E-state index is 0.00786. The summed E-state index contributed by atoms with van der Waals surface area (Å²) < 4.78 is 41.4. The monoisotopic (exact) mass is 254 g/mol. The van der Waals surface area contributed by atoms with Crippen molar-refractivity contribution < 1.29 is 22.7 Å². The highest BCUT2D eigenvalue weighted by molar-refractivity contribution is 5.76. The number of halogens is 3. The fraction of sp³-hybridized carbons (Fsp3) is 0.900. The molecule has 0 aliphatic carbocycles. The third-order valence-corrected chi connectivity index (χ3v) is 2.62. The van der Waals surface area contributed by atoms with Crippen LogP contribution in [0, 0.1) is 0 Å². The van der Waals surface area contributed by atoms with E-state index in [1.807, 2.05) is 0 Å². The summed E-state index contributed by atoms with van der Waals surface area (Å²) >= 11 is 0. The number of nitrogens with zero attached hydrogens (tertiary/aromatic N) is 1. The van der Waals surface area contributed by atoms with Gasteiger partial charge >= 0.3 is 6.18 Å². The fourth-order valence-electron chi connectivity index (χ4n) is 1.79. The average Bonchev–Trinajstić information content (AvgIpc) is 2.24. The van der Waals surface area contributed by atoms with Gasteiger partial charge in [-0.3, -0.25) is 4.79 Å². The maximum Gasteiger partial charge on any atom is 0.397 e. The van der Waals surface area contributed by atoms with Crippen LogP contribution in [-0.4, -0.2) is 49.3 Å². The number of piperidine rings is 1. The number of rotatable bonds is 4. The topological polar surface area (TPSA) is 55.6 Å². The molecule has 0 aromatic rings. The molecule has 0 radical (unpaired) electrons. The highest BCUT2D eigenvalue weighted by Crippen LogP contribution is 2.22. The van der Waals surface area contributed by atoms with Gasteiger partial charge in [-0.15, -0.1) is 0 Å². The van der Waals surface area contributed by atoms with Gasteiger partial charge in [0.15, 0.2) is 0 Å². The van der Waals surface area contributed by atoms with Crippen molar-refractivity contribution >= 4 is 5.91 Å². The van der Waals surface area contributed by atoms with Crippen molar-refractivity contribution in [1.82, 2.24) is 4.90 Å². The van der Waals surface area contributed by atoms with Crippen LogP contribution in [0.15, 0.2) is 0 Å². The van der Waals surface area contributed by atoms with E-state index >= 15 is 0 Å². The van der Waals surface area contributed by atoms with Gasteiger partial charge in [0, 0.05) is 19.6 Å². The lowest BCUT2D eigenvalue weighted by Gasteiger charge is -2.32. The van der Waals surface area contributed by atoms with Crippen LogP contribution in [0.5, 0.6) is 0 Å². The van der Waals surface area contributed by atoms with E-state index in [0.29, 0.717) is 39.1 Å². The van der Waals surface area contributed by atoms with Crippen molar-refractivity contribution in [1.29, 1.82) is 0 Å². The van der Waals surface area contributed by atoms with E-state index in [1.54, 1.807) is 0 Å². The third kappa shape index (κ3) is 5.36. The van der Waals surface area contributed by atoms with Gasteiger partial charge in [-0.05, 0) is 12.8 Å². The molecule has 100 valence electrons. The molecule has 0 saturated carbocycles. The maximum absolute atomic E-state index is 12.0. The molecule has 0 aromatic heterocycles. The van der Waals surface area contributed by atoms with E-state index in [0.717, 1.165) is 0 Å². The molecule has 1 aliphatic heterocycles. The Morgan fingerprint density at radius 3 is 2.41 bits per heavy atom. The number of carbonyl (C=O) groups excluding carboxylic acids is 1. The smallest absolute Gasteiger partial charge is 0.377 e. The summed E-state index contributed by atoms with van der Waals surface area (Å²) in [6.45, 7) is 1.52. The van der Waals surface area contributed by atoms with Gasteiger partial charge < -0.3 is 15.4 Å². The minimum Gasteiger partial charge on any atom is -0.377 e. The number of likely N-dealkylation sites (tertiary alicyclic amines) is 1. The number of hydrogen-bond donors (Lipinski definition) is 1. The van der Waals surface area contributed by atoms with Crippen LogP contribution in [0.3, 0.4) is 0 Å². The molecule has 2 N–H and O–H groups in total. The molecule has 0 atom stereocenters. The van der Waals surface area contributed by atoms with Gasteiger partial charge in [0.05, 0.1) is 12.7 Å². The zero-order valence-corrected chi connectivity index (χ0v) is 9.50. The first-order valence-corrected chi connectivity index (χ1v) is 5.58. The second-order valence-electron chi connectivity index (χ2n) is 4.03. The average molecular weight is 254 g/mol. The van der Waals surface area contributed by atoms with Crippen molar-refractivity contribution in [2.24, 2.45) is 5.73 Å². The van der Waals surface area contributed by atoms with Crippen LogP contribution in [0.2, 0.25) is 0 Å². The summed E-state index contributed by atoms with van der Waals surface area (Å²) in [7, 11) is 0. The molecular weight excluding hydrogens is 237 g/mol. The molecule has 0 unspecified atom stereocenters. The second-order valence-corrected chi connectivity index (χ2v) is 4.03. The van der Waals surface area contributed by atoms with E-state index in [2.05, 4.69) is 0 Å². The molecule has 1 heterocycles. The molecule has 1 saturated heterocycles. The highest BCUT2D eigenvalue weighted by atomic mass is 19.4. The molecule has 1 fully saturated rings. The Kier molecular flexibility index (Phi) is 5.20. The van der Waals surface area contributed by atoms with Crippen molar-refractivity contribution in [3.05, 3.63) is 0 Å². The Hall–Kier alpha value is -0.820. The lowest BCUT2D eigenvalue weighted by Crippen LogP contribution is -2.42. The summed E-state index contributed by atoms with van der Waals surface area (Å²) in [5.74, 6) is -0.852. The van der Waals surface area contributed by atoms with Crippen molar-refractivity contribution in [2.75, 3.05) is 26.2 Å². The zero-order valence-electron chi connectivity index (χ0n) is 9.50. The predicted molar refractivity (Wildman–Crippen MR) is 55.3 cm³/mol. The molecule has 0 bridgehead atoms. The Labute approximate surface area is 97.9 Å². The third-order valence-electron chi connectivity index (χ3n) is 2.62. The standard InChI is InChI=1S/C10H17F3N2O2/c11-10(12,13)7-9(16)15-4-1-8(2-5-15)17-6-3-14/h8H,1-7,14H2. The largest absolute Gasteiger partial charge is 0.397 e. The first-order valence-electron chi connectivity index (χ1n) is 5.58. The van der Waals surface area contributed by atoms with Crippen LogP contribution in [0.4, 0.5) is 13.2 Å². The van der Waals surface area contributed by atoms with Gasteiger partial charge in [-0.25, -0.2) is 0 Å². The first-order chi connectivity index (χ1) is 7.92. The molecule has 1 aliphatic rings. The van der Waals surface area contributed by atoms with E-state index < -0.39 is 18.5 Å². The van der Waals surface area contributed by atoms with Crippen LogP contribution in [0.1, 0.15) is 19.3 Å². The maximum atomic E-state index is 12.0. The summed E-state index contributed by atoms with van der Waals surface area (Å²) in [6.07, 6.45) is -4.65. The van der Waals surface area contributed by atoms with Crippen LogP contribution < -0.4 is 5.73 Å². The summed E-state index contributed by atoms with van der Waals surface area (Å²) in [4.78, 5) is 12.5. The number of hydrogen-bond acceptors (Lipinski definition) is 3. The first kappa shape index (κ1) is 14.2. The second kappa shape index (κ2) is 6.20. The molecule has 1 rings (SSSR count). The summed E-state index contributed by atoms with van der Waals surface area (Å²) in [5, 5.41) is 0. The Morgan fingerprint density at radius 1 is 1.35 bits per heavy atom. The van der Waals surface area contributed by atoms with Gasteiger partial charge in [-0.2, -0.15) is 13.2 Å². The SMILES string of the molecule is NCCOC1CCN(C(=O)CC(F)(F)F)CC1. The predicted octanol–water partition coefficient (Wildman–Crippen LogP) is 0.905. The van der Waals surface area contributed by atoms with Gasteiger partial charge in [0.1, 0.15) is 6.42 Å². The summed E-state index contributed by atoms with van der Waals surface area (Å²) in [6, 6.07) is 0. The zero-order chi connectivity index (χ0) is 12.9. The van der Waals surface area contributed by atoms with Crippen molar-refractivity contribution in [3.63, 3.8) is 0 Å². The van der Waals surface area contributed by atoms with E-state index in [9.17, 15) is 18.0 Å². The van der Waals surface area contributed by atoms with Crippen LogP contribution in [0.25, 0.3) is 0 Å². The van der Waals surface area contributed by atoms with Crippen LogP contribution >= 0.6 is 0 Å². The molecule has 1 amide bonds. The number of nitrogens with two attached hydrogens (primary N) is 1. The van der Waals surface area contributed by atoms with E-state index in [-0.39, 0.29) is 6.10 Å². The fourth-order valence-corrected chi connectivity index (χ4v) is 1.79. The van der Waals surface area contributed by atoms with Crippen molar-refractivity contribution in [2.45, 2.75) is 31.5 Å². The lowest BCUT2D eigenvalue weighted by atomic mass is 10.1. The Balaban J connectivity index is 2.29. The van der Waals surface area contributed by atoms with Gasteiger partial charge in [-0.1, -0.05) is 0 Å². The number of carbonyl (C=O) groups is 1. The van der Waals surface area contributed by atoms with E-state index in [4.69, 9.17) is 10.5 Å². The lowest BCUT2D eigenvalue weighted by molar-refractivity contribution is -0.163. The molecule has 0 spiro atoms.